The Hall–Kier alpha value is -1.94. The summed E-state index contributed by atoms with van der Waals surface area (Å²) in [4.78, 5) is 3.80. The molecular weight excluding hydrogens is 243 g/mol. The molecule has 1 N–H and O–H groups in total. The molecule has 0 radical (unpaired) electrons. The number of nitrogens with one attached hydrogen (secondary N) is 1. The minimum atomic E-state index is -0.299. The molecular formula is C15H17FN2O. The van der Waals surface area contributed by atoms with Crippen LogP contribution in [0.5, 0.6) is 5.75 Å². The topological polar surface area (TPSA) is 34.2 Å². The van der Waals surface area contributed by atoms with Gasteiger partial charge in [-0.05, 0) is 36.7 Å². The van der Waals surface area contributed by atoms with Crippen molar-refractivity contribution in [3.05, 3.63) is 60.2 Å². The van der Waals surface area contributed by atoms with Crippen LogP contribution in [0, 0.1) is 5.82 Å². The first-order valence-corrected chi connectivity index (χ1v) is 6.32. The number of nitrogens with zero attached hydrogens (tertiary/aromatic N) is 1. The van der Waals surface area contributed by atoms with Crippen LogP contribution < -0.4 is 10.1 Å². The van der Waals surface area contributed by atoms with E-state index in [4.69, 9.17) is 4.74 Å². The van der Waals surface area contributed by atoms with Gasteiger partial charge in [-0.3, -0.25) is 4.98 Å². The van der Waals surface area contributed by atoms with Crippen molar-refractivity contribution < 1.29 is 9.13 Å². The third kappa shape index (κ3) is 5.06. The second-order valence-electron chi connectivity index (χ2n) is 4.20. The van der Waals surface area contributed by atoms with Crippen LogP contribution in [-0.4, -0.2) is 18.1 Å². The Bertz CT molecular complexity index is 491. The fraction of sp³-hybridized carbons (Fsp3) is 0.267. The maximum atomic E-state index is 12.9. The second-order valence-corrected chi connectivity index (χ2v) is 4.20. The first-order chi connectivity index (χ1) is 9.34. The van der Waals surface area contributed by atoms with Gasteiger partial charge in [-0.25, -0.2) is 4.39 Å². The number of para-hydroxylation sites is 1. The molecule has 1 aromatic heterocycles. The fourth-order valence-electron chi connectivity index (χ4n) is 1.69. The predicted octanol–water partition coefficient (Wildman–Crippen LogP) is 2.78. The van der Waals surface area contributed by atoms with E-state index in [1.54, 1.807) is 6.20 Å². The van der Waals surface area contributed by atoms with Gasteiger partial charge in [0.2, 0.25) is 0 Å². The van der Waals surface area contributed by atoms with Gasteiger partial charge in [-0.2, -0.15) is 0 Å². The SMILES string of the molecule is Fc1cncc(CNCCCOc2ccccc2)c1. The van der Waals surface area contributed by atoms with Crippen LogP contribution in [0.4, 0.5) is 4.39 Å². The summed E-state index contributed by atoms with van der Waals surface area (Å²) in [6.07, 6.45) is 3.77. The van der Waals surface area contributed by atoms with Crippen molar-refractivity contribution in [1.29, 1.82) is 0 Å². The number of hydrogen-bond donors (Lipinski definition) is 1. The molecule has 2 rings (SSSR count). The van der Waals surface area contributed by atoms with Gasteiger partial charge in [0, 0.05) is 12.7 Å². The van der Waals surface area contributed by atoms with Gasteiger partial charge in [0.05, 0.1) is 12.8 Å². The molecule has 0 aliphatic heterocycles. The third-order valence-corrected chi connectivity index (χ3v) is 2.60. The number of benzene rings is 1. The highest BCUT2D eigenvalue weighted by Crippen LogP contribution is 2.08. The van der Waals surface area contributed by atoms with Gasteiger partial charge in [0.15, 0.2) is 0 Å². The number of pyridine rings is 1. The summed E-state index contributed by atoms with van der Waals surface area (Å²) in [6, 6.07) is 11.2. The molecule has 1 aromatic carbocycles. The van der Waals surface area contributed by atoms with E-state index in [1.807, 2.05) is 30.3 Å². The molecule has 1 heterocycles. The molecule has 100 valence electrons. The highest BCUT2D eigenvalue weighted by molar-refractivity contribution is 5.20. The molecule has 0 amide bonds. The van der Waals surface area contributed by atoms with Gasteiger partial charge in [0.1, 0.15) is 11.6 Å². The van der Waals surface area contributed by atoms with E-state index in [1.165, 1.54) is 12.3 Å². The average molecular weight is 260 g/mol. The maximum Gasteiger partial charge on any atom is 0.141 e. The van der Waals surface area contributed by atoms with Crippen LogP contribution in [0.3, 0.4) is 0 Å². The van der Waals surface area contributed by atoms with Crippen LogP contribution in [0.2, 0.25) is 0 Å². The van der Waals surface area contributed by atoms with Gasteiger partial charge >= 0.3 is 0 Å². The Kier molecular flexibility index (Phi) is 5.31. The zero-order valence-corrected chi connectivity index (χ0v) is 10.7. The molecule has 0 saturated carbocycles. The number of halogens is 1. The van der Waals surface area contributed by atoms with Crippen molar-refractivity contribution in [1.82, 2.24) is 10.3 Å². The quantitative estimate of drug-likeness (QED) is 0.777. The van der Waals surface area contributed by atoms with Gasteiger partial charge in [-0.15, -0.1) is 0 Å². The highest BCUT2D eigenvalue weighted by Gasteiger charge is 1.96. The minimum Gasteiger partial charge on any atom is -0.494 e. The highest BCUT2D eigenvalue weighted by atomic mass is 19.1. The number of aromatic nitrogens is 1. The van der Waals surface area contributed by atoms with Crippen LogP contribution in [0.25, 0.3) is 0 Å². The second kappa shape index (κ2) is 7.48. The van der Waals surface area contributed by atoms with E-state index >= 15 is 0 Å². The van der Waals surface area contributed by atoms with Crippen molar-refractivity contribution >= 4 is 0 Å². The molecule has 3 nitrogen and oxygen atoms in total. The monoisotopic (exact) mass is 260 g/mol. The van der Waals surface area contributed by atoms with E-state index in [2.05, 4.69) is 10.3 Å². The maximum absolute atomic E-state index is 12.9. The Balaban J connectivity index is 1.58. The first-order valence-electron chi connectivity index (χ1n) is 6.32. The zero-order chi connectivity index (χ0) is 13.3. The molecule has 0 atom stereocenters. The van der Waals surface area contributed by atoms with E-state index in [0.717, 1.165) is 24.3 Å². The summed E-state index contributed by atoms with van der Waals surface area (Å²) in [5.74, 6) is 0.587. The molecule has 0 spiro atoms. The van der Waals surface area contributed by atoms with E-state index in [0.29, 0.717) is 13.2 Å². The van der Waals surface area contributed by atoms with Crippen LogP contribution in [0.15, 0.2) is 48.8 Å². The largest absolute Gasteiger partial charge is 0.494 e. The Morgan fingerprint density at radius 1 is 1.16 bits per heavy atom. The molecule has 0 bridgehead atoms. The summed E-state index contributed by atoms with van der Waals surface area (Å²) in [5, 5.41) is 3.23. The molecule has 2 aromatic rings. The minimum absolute atomic E-state index is 0.299. The summed E-state index contributed by atoms with van der Waals surface area (Å²) < 4.78 is 18.4. The standard InChI is InChI=1S/C15H17FN2O/c16-14-9-13(11-18-12-14)10-17-7-4-8-19-15-5-2-1-3-6-15/h1-3,5-6,9,11-12,17H,4,7-8,10H2. The Morgan fingerprint density at radius 2 is 2.00 bits per heavy atom. The fourth-order valence-corrected chi connectivity index (χ4v) is 1.69. The normalized spacial score (nSPS) is 10.4. The van der Waals surface area contributed by atoms with E-state index in [-0.39, 0.29) is 5.82 Å². The molecule has 0 unspecified atom stereocenters. The number of hydrogen-bond acceptors (Lipinski definition) is 3. The molecule has 0 aliphatic rings. The third-order valence-electron chi connectivity index (χ3n) is 2.60. The van der Waals surface area contributed by atoms with Gasteiger partial charge in [-0.1, -0.05) is 18.2 Å². The Labute approximate surface area is 112 Å². The van der Waals surface area contributed by atoms with Gasteiger partial charge < -0.3 is 10.1 Å². The molecule has 0 saturated heterocycles. The van der Waals surface area contributed by atoms with E-state index < -0.39 is 0 Å². The zero-order valence-electron chi connectivity index (χ0n) is 10.7. The van der Waals surface area contributed by atoms with E-state index in [9.17, 15) is 4.39 Å². The van der Waals surface area contributed by atoms with Crippen LogP contribution in [-0.2, 0) is 6.54 Å². The predicted molar refractivity (Wildman–Crippen MR) is 72.5 cm³/mol. The Morgan fingerprint density at radius 3 is 2.79 bits per heavy atom. The number of rotatable bonds is 7. The summed E-state index contributed by atoms with van der Waals surface area (Å²) in [5.41, 5.74) is 0.851. The van der Waals surface area contributed by atoms with Crippen molar-refractivity contribution in [3.8, 4) is 5.75 Å². The molecule has 4 heteroatoms. The van der Waals surface area contributed by atoms with Crippen molar-refractivity contribution in [3.63, 3.8) is 0 Å². The number of ether oxygens (including phenoxy) is 1. The van der Waals surface area contributed by atoms with Crippen LogP contribution >= 0.6 is 0 Å². The van der Waals surface area contributed by atoms with Crippen molar-refractivity contribution in [2.24, 2.45) is 0 Å². The van der Waals surface area contributed by atoms with Gasteiger partial charge in [0.25, 0.3) is 0 Å². The average Bonchev–Trinajstić information content (AvgIpc) is 2.44. The smallest absolute Gasteiger partial charge is 0.141 e. The molecule has 0 fully saturated rings. The lowest BCUT2D eigenvalue weighted by Crippen LogP contribution is -2.17. The van der Waals surface area contributed by atoms with Crippen molar-refractivity contribution in [2.75, 3.05) is 13.2 Å². The summed E-state index contributed by atoms with van der Waals surface area (Å²) >= 11 is 0. The van der Waals surface area contributed by atoms with Crippen molar-refractivity contribution in [2.45, 2.75) is 13.0 Å². The molecule has 0 aliphatic carbocycles. The lowest BCUT2D eigenvalue weighted by Gasteiger charge is -2.07. The van der Waals surface area contributed by atoms with Crippen LogP contribution in [0.1, 0.15) is 12.0 Å². The lowest BCUT2D eigenvalue weighted by molar-refractivity contribution is 0.308. The summed E-state index contributed by atoms with van der Waals surface area (Å²) in [7, 11) is 0. The molecule has 19 heavy (non-hydrogen) atoms. The first kappa shape index (κ1) is 13.5. The lowest BCUT2D eigenvalue weighted by atomic mass is 10.3. The summed E-state index contributed by atoms with van der Waals surface area (Å²) in [6.45, 7) is 2.11.